The molecule has 1 atom stereocenters. The summed E-state index contributed by atoms with van der Waals surface area (Å²) in [7, 11) is 0. The Morgan fingerprint density at radius 2 is 2.04 bits per heavy atom. The molecule has 6 nitrogen and oxygen atoms in total. The Balaban J connectivity index is 1.84. The van der Waals surface area contributed by atoms with E-state index in [1.165, 1.54) is 0 Å². The second-order valence-corrected chi connectivity index (χ2v) is 6.63. The van der Waals surface area contributed by atoms with Crippen LogP contribution in [-0.2, 0) is 14.3 Å². The maximum Gasteiger partial charge on any atom is 0.310 e. The lowest BCUT2D eigenvalue weighted by atomic mass is 9.83. The summed E-state index contributed by atoms with van der Waals surface area (Å²) < 4.78 is 5.08. The number of rotatable bonds is 5. The summed E-state index contributed by atoms with van der Waals surface area (Å²) in [6.07, 6.45) is 6.29. The van der Waals surface area contributed by atoms with Crippen molar-refractivity contribution < 1.29 is 14.3 Å². The molecule has 1 amide bonds. The number of carbonyl (C=O) groups is 2. The van der Waals surface area contributed by atoms with Crippen LogP contribution < -0.4 is 5.32 Å². The molecular formula is C17H27N3O3. The summed E-state index contributed by atoms with van der Waals surface area (Å²) in [6.45, 7) is 3.81. The van der Waals surface area contributed by atoms with Gasteiger partial charge in [0.15, 0.2) is 0 Å². The number of piperidine rings is 1. The minimum absolute atomic E-state index is 0.113. The number of nitriles is 1. The third-order valence-electron chi connectivity index (χ3n) is 4.79. The summed E-state index contributed by atoms with van der Waals surface area (Å²) in [5, 5.41) is 12.4. The number of carbonyl (C=O) groups excluding carboxylic acids is 2. The van der Waals surface area contributed by atoms with Gasteiger partial charge in [-0.25, -0.2) is 0 Å². The van der Waals surface area contributed by atoms with Gasteiger partial charge < -0.3 is 10.1 Å². The van der Waals surface area contributed by atoms with E-state index in [1.54, 1.807) is 6.92 Å². The number of nitrogens with zero attached hydrogens (tertiary/aromatic N) is 2. The molecule has 1 N–H and O–H groups in total. The first-order valence-electron chi connectivity index (χ1n) is 8.70. The highest BCUT2D eigenvalue weighted by Crippen LogP contribution is 2.27. The first kappa shape index (κ1) is 17.7. The van der Waals surface area contributed by atoms with Crippen LogP contribution in [0, 0.1) is 17.2 Å². The monoisotopic (exact) mass is 321 g/mol. The lowest BCUT2D eigenvalue weighted by molar-refractivity contribution is -0.150. The Bertz CT molecular complexity index is 466. The first-order valence-corrected chi connectivity index (χ1v) is 8.70. The van der Waals surface area contributed by atoms with Crippen LogP contribution in [0.25, 0.3) is 0 Å². The minimum atomic E-state index is -0.689. The normalized spacial score (nSPS) is 24.4. The average Bonchev–Trinajstić information content (AvgIpc) is 2.56. The van der Waals surface area contributed by atoms with Gasteiger partial charge in [0.1, 0.15) is 5.54 Å². The zero-order valence-corrected chi connectivity index (χ0v) is 14.0. The molecule has 128 valence electrons. The molecule has 1 aliphatic heterocycles. The van der Waals surface area contributed by atoms with E-state index in [9.17, 15) is 14.9 Å². The van der Waals surface area contributed by atoms with E-state index in [0.29, 0.717) is 13.2 Å². The summed E-state index contributed by atoms with van der Waals surface area (Å²) in [4.78, 5) is 26.2. The Labute approximate surface area is 138 Å². The summed E-state index contributed by atoms with van der Waals surface area (Å²) in [5.41, 5.74) is -0.689. The topological polar surface area (TPSA) is 82.4 Å². The number of ether oxygens (including phenoxy) is 1. The van der Waals surface area contributed by atoms with E-state index in [4.69, 9.17) is 4.74 Å². The second-order valence-electron chi connectivity index (χ2n) is 6.63. The maximum absolute atomic E-state index is 12.3. The van der Waals surface area contributed by atoms with Crippen LogP contribution >= 0.6 is 0 Å². The fourth-order valence-corrected chi connectivity index (χ4v) is 3.58. The van der Waals surface area contributed by atoms with Crippen molar-refractivity contribution in [2.45, 2.75) is 57.4 Å². The molecule has 0 aromatic rings. The van der Waals surface area contributed by atoms with Gasteiger partial charge >= 0.3 is 5.97 Å². The number of hydrogen-bond donors (Lipinski definition) is 1. The van der Waals surface area contributed by atoms with Crippen molar-refractivity contribution in [2.75, 3.05) is 26.2 Å². The van der Waals surface area contributed by atoms with Crippen molar-refractivity contribution in [1.82, 2.24) is 10.2 Å². The maximum atomic E-state index is 12.3. The number of hydrogen-bond acceptors (Lipinski definition) is 5. The highest BCUT2D eigenvalue weighted by molar-refractivity contribution is 5.79. The van der Waals surface area contributed by atoms with Crippen LogP contribution in [0.3, 0.4) is 0 Å². The molecule has 1 heterocycles. The largest absolute Gasteiger partial charge is 0.466 e. The molecule has 1 saturated heterocycles. The molecule has 1 aliphatic carbocycles. The molecule has 23 heavy (non-hydrogen) atoms. The molecule has 0 aromatic carbocycles. The van der Waals surface area contributed by atoms with E-state index >= 15 is 0 Å². The average molecular weight is 321 g/mol. The highest BCUT2D eigenvalue weighted by atomic mass is 16.5. The van der Waals surface area contributed by atoms with Gasteiger partial charge in [0.05, 0.1) is 25.1 Å². The Morgan fingerprint density at radius 3 is 2.70 bits per heavy atom. The Kier molecular flexibility index (Phi) is 6.40. The van der Waals surface area contributed by atoms with Crippen molar-refractivity contribution in [3.8, 4) is 6.07 Å². The third kappa shape index (κ3) is 4.93. The summed E-state index contributed by atoms with van der Waals surface area (Å²) in [6, 6.07) is 2.30. The van der Waals surface area contributed by atoms with Crippen LogP contribution in [0.15, 0.2) is 0 Å². The Hall–Kier alpha value is -1.61. The fraction of sp³-hybridized carbons (Fsp3) is 0.824. The predicted molar refractivity (Wildman–Crippen MR) is 85.4 cm³/mol. The molecule has 0 radical (unpaired) electrons. The molecule has 2 rings (SSSR count). The first-order chi connectivity index (χ1) is 11.1. The van der Waals surface area contributed by atoms with Crippen molar-refractivity contribution in [3.63, 3.8) is 0 Å². The summed E-state index contributed by atoms with van der Waals surface area (Å²) in [5.74, 6) is -0.424. The molecule has 2 aliphatic rings. The van der Waals surface area contributed by atoms with Gasteiger partial charge in [-0.2, -0.15) is 5.26 Å². The van der Waals surface area contributed by atoms with Crippen molar-refractivity contribution in [3.05, 3.63) is 0 Å². The minimum Gasteiger partial charge on any atom is -0.466 e. The van der Waals surface area contributed by atoms with Gasteiger partial charge in [0, 0.05) is 6.54 Å². The number of likely N-dealkylation sites (tertiary alicyclic amines) is 1. The van der Waals surface area contributed by atoms with E-state index < -0.39 is 5.54 Å². The summed E-state index contributed by atoms with van der Waals surface area (Å²) >= 11 is 0. The van der Waals surface area contributed by atoms with Gasteiger partial charge in [-0.15, -0.1) is 0 Å². The van der Waals surface area contributed by atoms with E-state index in [2.05, 4.69) is 11.4 Å². The van der Waals surface area contributed by atoms with Crippen molar-refractivity contribution >= 4 is 11.9 Å². The smallest absolute Gasteiger partial charge is 0.310 e. The molecule has 0 bridgehead atoms. The molecule has 2 fully saturated rings. The standard InChI is InChI=1S/C17H27N3O3/c1-2-23-16(22)14-7-6-10-20(11-14)12-15(21)19-17(13-18)8-4-3-5-9-17/h14H,2-12H2,1H3,(H,19,21)/t14-/m0/s1. The molecule has 1 saturated carbocycles. The quantitative estimate of drug-likeness (QED) is 0.778. The van der Waals surface area contributed by atoms with Gasteiger partial charge in [0.2, 0.25) is 5.91 Å². The second kappa shape index (κ2) is 8.30. The Morgan fingerprint density at radius 1 is 1.30 bits per heavy atom. The van der Waals surface area contributed by atoms with Crippen LogP contribution in [-0.4, -0.2) is 48.6 Å². The predicted octanol–water partition coefficient (Wildman–Crippen LogP) is 1.60. The molecule has 6 heteroatoms. The fourth-order valence-electron chi connectivity index (χ4n) is 3.58. The van der Waals surface area contributed by atoms with Crippen LogP contribution in [0.4, 0.5) is 0 Å². The van der Waals surface area contributed by atoms with E-state index in [1.807, 2.05) is 4.90 Å². The molecule has 0 unspecified atom stereocenters. The molecule has 0 aromatic heterocycles. The molecular weight excluding hydrogens is 294 g/mol. The lowest BCUT2D eigenvalue weighted by Gasteiger charge is -2.34. The number of nitrogens with one attached hydrogen (secondary N) is 1. The van der Waals surface area contributed by atoms with Crippen LogP contribution in [0.2, 0.25) is 0 Å². The highest BCUT2D eigenvalue weighted by Gasteiger charge is 2.34. The lowest BCUT2D eigenvalue weighted by Crippen LogP contribution is -2.52. The van der Waals surface area contributed by atoms with E-state index in [0.717, 1.165) is 51.5 Å². The van der Waals surface area contributed by atoms with Crippen molar-refractivity contribution in [2.24, 2.45) is 5.92 Å². The third-order valence-corrected chi connectivity index (χ3v) is 4.79. The van der Waals surface area contributed by atoms with Gasteiger partial charge in [0.25, 0.3) is 0 Å². The zero-order chi connectivity index (χ0) is 16.7. The number of esters is 1. The van der Waals surface area contributed by atoms with Gasteiger partial charge in [-0.05, 0) is 39.2 Å². The van der Waals surface area contributed by atoms with Gasteiger partial charge in [-0.3, -0.25) is 14.5 Å². The number of amides is 1. The van der Waals surface area contributed by atoms with E-state index in [-0.39, 0.29) is 24.3 Å². The molecule has 0 spiro atoms. The zero-order valence-electron chi connectivity index (χ0n) is 14.0. The SMILES string of the molecule is CCOC(=O)[C@H]1CCCN(CC(=O)NC2(C#N)CCCCC2)C1. The van der Waals surface area contributed by atoms with Crippen LogP contribution in [0.1, 0.15) is 51.9 Å². The van der Waals surface area contributed by atoms with Crippen molar-refractivity contribution in [1.29, 1.82) is 5.26 Å². The van der Waals surface area contributed by atoms with Crippen LogP contribution in [0.5, 0.6) is 0 Å². The van der Waals surface area contributed by atoms with Gasteiger partial charge in [-0.1, -0.05) is 19.3 Å².